The molecule has 1 N–H and O–H groups in total. The molecular formula is C21H29N3O3. The summed E-state index contributed by atoms with van der Waals surface area (Å²) >= 11 is 0. The van der Waals surface area contributed by atoms with Gasteiger partial charge in [0, 0.05) is 32.6 Å². The van der Waals surface area contributed by atoms with Crippen molar-refractivity contribution in [1.82, 2.24) is 10.2 Å². The molecule has 1 aromatic rings. The average molecular weight is 371 g/mol. The number of anilines is 1. The number of likely N-dealkylation sites (tertiary alicyclic amines) is 1. The van der Waals surface area contributed by atoms with Crippen LogP contribution in [0.2, 0.25) is 0 Å². The molecule has 1 saturated heterocycles. The van der Waals surface area contributed by atoms with Crippen molar-refractivity contribution in [3.8, 4) is 5.75 Å². The number of benzene rings is 1. The van der Waals surface area contributed by atoms with Crippen molar-refractivity contribution >= 4 is 17.5 Å². The van der Waals surface area contributed by atoms with Gasteiger partial charge in [-0.3, -0.25) is 9.59 Å². The van der Waals surface area contributed by atoms with E-state index in [2.05, 4.69) is 10.2 Å². The predicted molar refractivity (Wildman–Crippen MR) is 104 cm³/mol. The maximum atomic E-state index is 12.9. The topological polar surface area (TPSA) is 61.9 Å². The molecule has 2 fully saturated rings. The minimum Gasteiger partial charge on any atom is -0.477 e. The third-order valence-corrected chi connectivity index (χ3v) is 6.23. The third kappa shape index (κ3) is 3.89. The van der Waals surface area contributed by atoms with E-state index in [0.717, 1.165) is 56.8 Å². The summed E-state index contributed by atoms with van der Waals surface area (Å²) in [6.45, 7) is 2.81. The van der Waals surface area contributed by atoms with Crippen molar-refractivity contribution < 1.29 is 14.3 Å². The molecule has 6 nitrogen and oxygen atoms in total. The molecule has 2 aliphatic heterocycles. The van der Waals surface area contributed by atoms with Gasteiger partial charge in [0.1, 0.15) is 5.75 Å². The molecule has 6 heteroatoms. The lowest BCUT2D eigenvalue weighted by atomic mass is 9.84. The van der Waals surface area contributed by atoms with Crippen LogP contribution < -0.4 is 15.0 Å². The highest BCUT2D eigenvalue weighted by Crippen LogP contribution is 2.32. The van der Waals surface area contributed by atoms with Gasteiger partial charge in [-0.25, -0.2) is 0 Å². The maximum Gasteiger partial charge on any atom is 0.265 e. The fourth-order valence-electron chi connectivity index (χ4n) is 4.16. The minimum absolute atomic E-state index is 0.0771. The summed E-state index contributed by atoms with van der Waals surface area (Å²) in [5.41, 5.74) is 1.03. The molecule has 1 atom stereocenters. The second kappa shape index (κ2) is 7.79. The second-order valence-corrected chi connectivity index (χ2v) is 8.10. The van der Waals surface area contributed by atoms with E-state index in [4.69, 9.17) is 4.74 Å². The smallest absolute Gasteiger partial charge is 0.265 e. The zero-order valence-corrected chi connectivity index (χ0v) is 16.0. The molecule has 3 aliphatic rings. The van der Waals surface area contributed by atoms with Crippen molar-refractivity contribution in [2.75, 3.05) is 38.1 Å². The monoisotopic (exact) mass is 371 g/mol. The molecule has 0 radical (unpaired) electrons. The molecule has 27 heavy (non-hydrogen) atoms. The van der Waals surface area contributed by atoms with Gasteiger partial charge in [0.05, 0.1) is 12.2 Å². The fourth-order valence-corrected chi connectivity index (χ4v) is 4.16. The van der Waals surface area contributed by atoms with Crippen LogP contribution in [0.5, 0.6) is 5.75 Å². The number of amides is 2. The number of carbonyl (C=O) groups excluding carboxylic acids is 2. The Balaban J connectivity index is 1.26. The van der Waals surface area contributed by atoms with Gasteiger partial charge in [-0.05, 0) is 43.7 Å². The number of fused-ring (bicyclic) bond motifs is 1. The van der Waals surface area contributed by atoms with E-state index >= 15 is 0 Å². The SMILES string of the molecule is CN1C[C@@H](C(=O)N2CCC(CNC(=O)C3CCC3)CC2)Oc2ccccc21. The molecule has 2 heterocycles. The number of nitrogens with zero attached hydrogens (tertiary/aromatic N) is 2. The molecule has 1 aromatic carbocycles. The van der Waals surface area contributed by atoms with Gasteiger partial charge in [0.2, 0.25) is 5.91 Å². The number of carbonyl (C=O) groups is 2. The Morgan fingerprint density at radius 3 is 2.59 bits per heavy atom. The molecule has 1 saturated carbocycles. The number of para-hydroxylation sites is 2. The van der Waals surface area contributed by atoms with Crippen molar-refractivity contribution in [2.45, 2.75) is 38.2 Å². The Morgan fingerprint density at radius 1 is 1.15 bits per heavy atom. The number of nitrogens with one attached hydrogen (secondary N) is 1. The Kier molecular flexibility index (Phi) is 5.23. The van der Waals surface area contributed by atoms with E-state index < -0.39 is 6.10 Å². The molecule has 1 aliphatic carbocycles. The molecular weight excluding hydrogens is 342 g/mol. The van der Waals surface area contributed by atoms with Crippen molar-refractivity contribution in [3.63, 3.8) is 0 Å². The number of hydrogen-bond donors (Lipinski definition) is 1. The Bertz CT molecular complexity index is 696. The van der Waals surface area contributed by atoms with Crippen LogP contribution in [-0.4, -0.2) is 56.0 Å². The Labute approximate surface area is 160 Å². The zero-order valence-electron chi connectivity index (χ0n) is 16.0. The van der Waals surface area contributed by atoms with Crippen LogP contribution >= 0.6 is 0 Å². The van der Waals surface area contributed by atoms with Crippen LogP contribution in [0.25, 0.3) is 0 Å². The summed E-state index contributed by atoms with van der Waals surface area (Å²) in [6, 6.07) is 7.85. The van der Waals surface area contributed by atoms with E-state index in [1.807, 2.05) is 36.2 Å². The van der Waals surface area contributed by atoms with Gasteiger partial charge in [0.25, 0.3) is 5.91 Å². The molecule has 2 amide bonds. The van der Waals surface area contributed by atoms with E-state index in [0.29, 0.717) is 12.5 Å². The molecule has 146 valence electrons. The Morgan fingerprint density at radius 2 is 1.89 bits per heavy atom. The van der Waals surface area contributed by atoms with E-state index in [9.17, 15) is 9.59 Å². The number of piperidine rings is 1. The second-order valence-electron chi connectivity index (χ2n) is 8.10. The molecule has 0 bridgehead atoms. The fraction of sp³-hybridized carbons (Fsp3) is 0.619. The number of likely N-dealkylation sites (N-methyl/N-ethyl adjacent to an activating group) is 1. The predicted octanol–water partition coefficient (Wildman–Crippen LogP) is 2.04. The van der Waals surface area contributed by atoms with Gasteiger partial charge in [-0.1, -0.05) is 18.6 Å². The van der Waals surface area contributed by atoms with Crippen LogP contribution in [0.1, 0.15) is 32.1 Å². The first-order valence-corrected chi connectivity index (χ1v) is 10.1. The summed E-state index contributed by atoms with van der Waals surface area (Å²) in [4.78, 5) is 28.9. The van der Waals surface area contributed by atoms with Crippen LogP contribution in [-0.2, 0) is 9.59 Å². The quantitative estimate of drug-likeness (QED) is 0.880. The first-order valence-electron chi connectivity index (χ1n) is 10.1. The highest BCUT2D eigenvalue weighted by atomic mass is 16.5. The highest BCUT2D eigenvalue weighted by molar-refractivity contribution is 5.83. The average Bonchev–Trinajstić information content (AvgIpc) is 2.65. The summed E-state index contributed by atoms with van der Waals surface area (Å²) < 4.78 is 5.98. The van der Waals surface area contributed by atoms with Gasteiger partial charge in [-0.2, -0.15) is 0 Å². The van der Waals surface area contributed by atoms with E-state index in [1.54, 1.807) is 0 Å². The van der Waals surface area contributed by atoms with E-state index in [-0.39, 0.29) is 17.7 Å². The van der Waals surface area contributed by atoms with Crippen molar-refractivity contribution in [1.29, 1.82) is 0 Å². The van der Waals surface area contributed by atoms with Crippen LogP contribution in [0, 0.1) is 11.8 Å². The first-order chi connectivity index (χ1) is 13.1. The number of ether oxygens (including phenoxy) is 1. The van der Waals surface area contributed by atoms with Crippen LogP contribution in [0.3, 0.4) is 0 Å². The Hall–Kier alpha value is -2.24. The summed E-state index contributed by atoms with van der Waals surface area (Å²) in [6.07, 6.45) is 4.70. The third-order valence-electron chi connectivity index (χ3n) is 6.23. The van der Waals surface area contributed by atoms with E-state index in [1.165, 1.54) is 6.42 Å². The lowest BCUT2D eigenvalue weighted by molar-refractivity contribution is -0.140. The normalized spacial score (nSPS) is 23.2. The van der Waals surface area contributed by atoms with Gasteiger partial charge < -0.3 is 19.9 Å². The summed E-state index contributed by atoms with van der Waals surface area (Å²) in [5, 5.41) is 3.10. The standard InChI is InChI=1S/C21H29N3O3/c1-23-14-19(27-18-8-3-2-7-17(18)23)21(26)24-11-9-15(10-12-24)13-22-20(25)16-5-4-6-16/h2-3,7-8,15-16,19H,4-6,9-14H2,1H3,(H,22,25)/t19-/m0/s1. The van der Waals surface area contributed by atoms with Gasteiger partial charge >= 0.3 is 0 Å². The largest absolute Gasteiger partial charge is 0.477 e. The number of rotatable bonds is 4. The van der Waals surface area contributed by atoms with Crippen LogP contribution in [0.15, 0.2) is 24.3 Å². The lowest BCUT2D eigenvalue weighted by Gasteiger charge is -2.38. The van der Waals surface area contributed by atoms with Crippen molar-refractivity contribution in [3.05, 3.63) is 24.3 Å². The maximum absolute atomic E-state index is 12.9. The summed E-state index contributed by atoms with van der Waals surface area (Å²) in [5.74, 6) is 1.78. The molecule has 0 aromatic heterocycles. The molecule has 4 rings (SSSR count). The highest BCUT2D eigenvalue weighted by Gasteiger charge is 2.34. The number of hydrogen-bond acceptors (Lipinski definition) is 4. The van der Waals surface area contributed by atoms with Crippen molar-refractivity contribution in [2.24, 2.45) is 11.8 Å². The summed E-state index contributed by atoms with van der Waals surface area (Å²) in [7, 11) is 2.00. The van der Waals surface area contributed by atoms with Gasteiger partial charge in [0.15, 0.2) is 6.10 Å². The van der Waals surface area contributed by atoms with Crippen LogP contribution in [0.4, 0.5) is 5.69 Å². The minimum atomic E-state index is -0.445. The lowest BCUT2D eigenvalue weighted by Crippen LogP contribution is -2.52. The molecule has 0 spiro atoms. The van der Waals surface area contributed by atoms with Gasteiger partial charge in [-0.15, -0.1) is 0 Å². The zero-order chi connectivity index (χ0) is 18.8. The first kappa shape index (κ1) is 18.1. The molecule has 0 unspecified atom stereocenters.